The van der Waals surface area contributed by atoms with Crippen LogP contribution in [0, 0.1) is 0 Å². The molecule has 0 aromatic carbocycles. The van der Waals surface area contributed by atoms with Crippen molar-refractivity contribution in [1.82, 2.24) is 0 Å². The molecule has 1 saturated heterocycles. The Balaban J connectivity index is 2.58. The second-order valence-electron chi connectivity index (χ2n) is 4.35. The number of rotatable bonds is 7. The normalized spacial score (nSPS) is 26.2. The van der Waals surface area contributed by atoms with Gasteiger partial charge in [-0.25, -0.2) is 0 Å². The van der Waals surface area contributed by atoms with Gasteiger partial charge in [0, 0.05) is 20.8 Å². The lowest BCUT2D eigenvalue weighted by molar-refractivity contribution is -0.0527. The molecule has 3 nitrogen and oxygen atoms in total. The average molecular weight is 264 g/mol. The largest absolute Gasteiger partial charge is 0.398 e. The van der Waals surface area contributed by atoms with Crippen LogP contribution in [-0.4, -0.2) is 41.1 Å². The van der Waals surface area contributed by atoms with Crippen LogP contribution < -0.4 is 0 Å². The summed E-state index contributed by atoms with van der Waals surface area (Å²) in [6, 6.07) is 0. The molecule has 1 unspecified atom stereocenters. The van der Waals surface area contributed by atoms with Gasteiger partial charge in [-0.1, -0.05) is 0 Å². The first-order valence-corrected chi connectivity index (χ1v) is 8.25. The molecule has 0 bridgehead atoms. The van der Waals surface area contributed by atoms with E-state index in [1.54, 1.807) is 14.2 Å². The third-order valence-electron chi connectivity index (χ3n) is 3.25. The summed E-state index contributed by atoms with van der Waals surface area (Å²) in [6.07, 6.45) is 6.85. The maximum atomic E-state index is 6.04. The van der Waals surface area contributed by atoms with Crippen LogP contribution in [0.5, 0.6) is 0 Å². The fourth-order valence-electron chi connectivity index (χ4n) is 2.44. The highest BCUT2D eigenvalue weighted by molar-refractivity contribution is 7.80. The molecule has 1 aliphatic heterocycles. The second-order valence-corrected chi connectivity index (χ2v) is 7.46. The van der Waals surface area contributed by atoms with Gasteiger partial charge in [0.2, 0.25) is 0 Å². The molecule has 0 saturated carbocycles. The van der Waals surface area contributed by atoms with Crippen LogP contribution in [-0.2, 0) is 13.6 Å². The number of ether oxygens (including phenoxy) is 1. The Kier molecular flexibility index (Phi) is 6.99. The summed E-state index contributed by atoms with van der Waals surface area (Å²) < 4.78 is 17.1. The topological polar surface area (TPSA) is 27.7 Å². The minimum atomic E-state index is -1.70. The number of unbranched alkanes of at least 4 members (excludes halogenated alkanes) is 1. The van der Waals surface area contributed by atoms with Gasteiger partial charge in [0.15, 0.2) is 0 Å². The van der Waals surface area contributed by atoms with E-state index in [0.717, 1.165) is 38.0 Å². The molecule has 0 spiro atoms. The second kappa shape index (κ2) is 7.71. The maximum absolute atomic E-state index is 6.04. The van der Waals surface area contributed by atoms with Gasteiger partial charge >= 0.3 is 9.28 Å². The zero-order valence-electron chi connectivity index (χ0n) is 10.4. The highest BCUT2D eigenvalue weighted by Crippen LogP contribution is 2.33. The predicted octanol–water partition coefficient (Wildman–Crippen LogP) is 2.08. The van der Waals surface area contributed by atoms with Gasteiger partial charge in [0.05, 0.1) is 0 Å². The van der Waals surface area contributed by atoms with Crippen molar-refractivity contribution in [2.24, 2.45) is 0 Å². The molecule has 1 rings (SSSR count). The molecule has 1 atom stereocenters. The van der Waals surface area contributed by atoms with E-state index < -0.39 is 9.28 Å². The van der Waals surface area contributed by atoms with E-state index in [4.69, 9.17) is 13.6 Å². The van der Waals surface area contributed by atoms with Gasteiger partial charge in [-0.3, -0.25) is 0 Å². The standard InChI is InChI=1S/C11H24O3SSi/c1-12-16(13-2)11(8-4-6-10-15)7-3-5-9-14-11/h15-16H,3-10H2,1-2H3. The summed E-state index contributed by atoms with van der Waals surface area (Å²) in [4.78, 5) is 0. The minimum absolute atomic E-state index is 0.0926. The van der Waals surface area contributed by atoms with Crippen LogP contribution in [0.4, 0.5) is 0 Å². The van der Waals surface area contributed by atoms with E-state index in [0.29, 0.717) is 0 Å². The summed E-state index contributed by atoms with van der Waals surface area (Å²) in [7, 11) is 1.80. The van der Waals surface area contributed by atoms with Gasteiger partial charge in [-0.15, -0.1) is 0 Å². The molecule has 0 amide bonds. The van der Waals surface area contributed by atoms with Crippen molar-refractivity contribution in [2.75, 3.05) is 26.6 Å². The number of thiol groups is 1. The van der Waals surface area contributed by atoms with Crippen LogP contribution in [0.2, 0.25) is 0 Å². The van der Waals surface area contributed by atoms with Crippen LogP contribution in [0.3, 0.4) is 0 Å². The lowest BCUT2D eigenvalue weighted by atomic mass is 10.0. The number of hydrogen-bond acceptors (Lipinski definition) is 4. The molecule has 1 fully saturated rings. The van der Waals surface area contributed by atoms with E-state index in [1.165, 1.54) is 12.8 Å². The molecule has 96 valence electrons. The third-order valence-corrected chi connectivity index (χ3v) is 6.03. The fourth-order valence-corrected chi connectivity index (χ4v) is 4.85. The Labute approximate surface area is 106 Å². The zero-order chi connectivity index (χ0) is 11.9. The molecule has 0 aromatic heterocycles. The Bertz CT molecular complexity index is 182. The molecule has 5 heteroatoms. The van der Waals surface area contributed by atoms with Gasteiger partial charge in [0.1, 0.15) is 5.22 Å². The van der Waals surface area contributed by atoms with Crippen LogP contribution >= 0.6 is 12.6 Å². The average Bonchev–Trinajstić information content (AvgIpc) is 2.32. The summed E-state index contributed by atoms with van der Waals surface area (Å²) >= 11 is 4.25. The van der Waals surface area contributed by atoms with Gasteiger partial charge in [-0.2, -0.15) is 12.6 Å². The summed E-state index contributed by atoms with van der Waals surface area (Å²) in [5.41, 5.74) is 0. The van der Waals surface area contributed by atoms with Crippen molar-refractivity contribution in [3.8, 4) is 0 Å². The predicted molar refractivity (Wildman–Crippen MR) is 71.4 cm³/mol. The summed E-state index contributed by atoms with van der Waals surface area (Å²) in [5.74, 6) is 0.947. The zero-order valence-corrected chi connectivity index (χ0v) is 12.5. The van der Waals surface area contributed by atoms with Gasteiger partial charge in [-0.05, 0) is 44.3 Å². The Morgan fingerprint density at radius 1 is 1.25 bits per heavy atom. The molecular formula is C11H24O3SSi. The van der Waals surface area contributed by atoms with Crippen molar-refractivity contribution in [2.45, 2.75) is 43.7 Å². The van der Waals surface area contributed by atoms with E-state index in [-0.39, 0.29) is 5.22 Å². The van der Waals surface area contributed by atoms with Crippen molar-refractivity contribution < 1.29 is 13.6 Å². The van der Waals surface area contributed by atoms with Crippen molar-refractivity contribution in [3.63, 3.8) is 0 Å². The smallest absolute Gasteiger partial charge is 0.354 e. The van der Waals surface area contributed by atoms with Crippen LogP contribution in [0.1, 0.15) is 38.5 Å². The fraction of sp³-hybridized carbons (Fsp3) is 1.00. The Morgan fingerprint density at radius 2 is 2.00 bits per heavy atom. The lowest BCUT2D eigenvalue weighted by Gasteiger charge is -2.40. The quantitative estimate of drug-likeness (QED) is 0.433. The van der Waals surface area contributed by atoms with E-state index in [1.807, 2.05) is 0 Å². The Morgan fingerprint density at radius 3 is 2.50 bits per heavy atom. The first-order chi connectivity index (χ1) is 7.79. The molecule has 0 aliphatic carbocycles. The third kappa shape index (κ3) is 3.73. The van der Waals surface area contributed by atoms with Crippen molar-refractivity contribution in [1.29, 1.82) is 0 Å². The van der Waals surface area contributed by atoms with E-state index in [2.05, 4.69) is 12.6 Å². The monoisotopic (exact) mass is 264 g/mol. The lowest BCUT2D eigenvalue weighted by Crippen LogP contribution is -2.53. The highest BCUT2D eigenvalue weighted by atomic mass is 32.1. The summed E-state index contributed by atoms with van der Waals surface area (Å²) in [5, 5.41) is -0.0926. The molecule has 1 aliphatic rings. The maximum Gasteiger partial charge on any atom is 0.354 e. The molecule has 0 radical (unpaired) electrons. The van der Waals surface area contributed by atoms with Gasteiger partial charge in [0.25, 0.3) is 0 Å². The molecule has 0 aromatic rings. The van der Waals surface area contributed by atoms with Crippen molar-refractivity contribution in [3.05, 3.63) is 0 Å². The van der Waals surface area contributed by atoms with Crippen molar-refractivity contribution >= 4 is 21.9 Å². The highest BCUT2D eigenvalue weighted by Gasteiger charge is 2.44. The van der Waals surface area contributed by atoms with Crippen LogP contribution in [0.25, 0.3) is 0 Å². The first kappa shape index (κ1) is 14.5. The minimum Gasteiger partial charge on any atom is -0.398 e. The van der Waals surface area contributed by atoms with Gasteiger partial charge < -0.3 is 13.6 Å². The Hall–Kier alpha value is 0.447. The van der Waals surface area contributed by atoms with E-state index in [9.17, 15) is 0 Å². The van der Waals surface area contributed by atoms with E-state index >= 15 is 0 Å². The number of hydrogen-bond donors (Lipinski definition) is 1. The summed E-state index contributed by atoms with van der Waals surface area (Å²) in [6.45, 7) is 0.858. The molecule has 16 heavy (non-hydrogen) atoms. The molecular weight excluding hydrogens is 240 g/mol. The first-order valence-electron chi connectivity index (χ1n) is 6.09. The molecule has 1 heterocycles. The molecule has 0 N–H and O–H groups in total. The SMILES string of the molecule is CO[SiH](OC)C1(CCCCS)CCCCO1. The van der Waals surface area contributed by atoms with Crippen LogP contribution in [0.15, 0.2) is 0 Å².